The quantitative estimate of drug-likeness (QED) is 0.223. The van der Waals surface area contributed by atoms with Crippen LogP contribution in [-0.4, -0.2) is 34.3 Å². The lowest BCUT2D eigenvalue weighted by molar-refractivity contribution is 0.0518. The fourth-order valence-corrected chi connectivity index (χ4v) is 4.60. The number of benzene rings is 4. The maximum absolute atomic E-state index is 12.9. The molecule has 1 aromatic heterocycles. The highest BCUT2D eigenvalue weighted by Crippen LogP contribution is 2.28. The second kappa shape index (κ2) is 11.8. The van der Waals surface area contributed by atoms with E-state index >= 15 is 0 Å². The number of nitrogens with one attached hydrogen (secondary N) is 1. The molecular weight excluding hydrogens is 486 g/mol. The number of fused-ring (bicyclic) bond motifs is 1. The van der Waals surface area contributed by atoms with Crippen LogP contribution < -0.4 is 5.32 Å². The summed E-state index contributed by atoms with van der Waals surface area (Å²) in [7, 11) is 0. The van der Waals surface area contributed by atoms with Gasteiger partial charge < -0.3 is 10.1 Å². The summed E-state index contributed by atoms with van der Waals surface area (Å²) >= 11 is 0. The molecule has 0 spiro atoms. The summed E-state index contributed by atoms with van der Waals surface area (Å²) in [6.45, 7) is 4.06. The molecule has 0 bridgehead atoms. The zero-order chi connectivity index (χ0) is 27.2. The van der Waals surface area contributed by atoms with Crippen molar-refractivity contribution in [2.75, 3.05) is 6.61 Å². The molecule has 0 fully saturated rings. The Morgan fingerprint density at radius 1 is 0.872 bits per heavy atom. The van der Waals surface area contributed by atoms with Gasteiger partial charge in [-0.2, -0.15) is 5.10 Å². The van der Waals surface area contributed by atoms with E-state index in [1.54, 1.807) is 29.8 Å². The first-order valence-corrected chi connectivity index (χ1v) is 13.2. The monoisotopic (exact) mass is 517 g/mol. The van der Waals surface area contributed by atoms with Crippen molar-refractivity contribution in [3.8, 4) is 16.9 Å². The number of esters is 1. The Morgan fingerprint density at radius 3 is 2.33 bits per heavy atom. The molecule has 39 heavy (non-hydrogen) atoms. The minimum atomic E-state index is -0.473. The first-order chi connectivity index (χ1) is 19.0. The van der Waals surface area contributed by atoms with E-state index in [2.05, 4.69) is 46.8 Å². The van der Waals surface area contributed by atoms with E-state index in [1.807, 2.05) is 55.5 Å². The molecule has 1 atom stereocenters. The Balaban J connectivity index is 1.37. The zero-order valence-electron chi connectivity index (χ0n) is 22.1. The van der Waals surface area contributed by atoms with Crippen molar-refractivity contribution in [1.82, 2.24) is 15.1 Å². The molecule has 0 aliphatic carbocycles. The average Bonchev–Trinajstić information content (AvgIpc) is 3.42. The number of ether oxygens (including phenoxy) is 1. The van der Waals surface area contributed by atoms with E-state index in [1.165, 1.54) is 5.56 Å². The van der Waals surface area contributed by atoms with E-state index in [0.717, 1.165) is 40.6 Å². The lowest BCUT2D eigenvalue weighted by Gasteiger charge is -2.14. The highest BCUT2D eigenvalue weighted by molar-refractivity contribution is 5.95. The third-order valence-electron chi connectivity index (χ3n) is 6.70. The van der Waals surface area contributed by atoms with Crippen LogP contribution in [0.2, 0.25) is 0 Å². The molecule has 196 valence electrons. The second-order valence-electron chi connectivity index (χ2n) is 9.55. The molecular formula is C33H31N3O3. The van der Waals surface area contributed by atoms with Gasteiger partial charge >= 0.3 is 5.97 Å². The maximum Gasteiger partial charge on any atom is 0.358 e. The zero-order valence-corrected chi connectivity index (χ0v) is 22.1. The number of aryl methyl sites for hydroxylation is 1. The Bertz CT molecular complexity index is 1590. The number of hydrogen-bond donors (Lipinski definition) is 1. The molecule has 0 aliphatic rings. The predicted molar refractivity (Wildman–Crippen MR) is 154 cm³/mol. The van der Waals surface area contributed by atoms with Crippen LogP contribution >= 0.6 is 0 Å². The van der Waals surface area contributed by atoms with Gasteiger partial charge in [-0.05, 0) is 79.4 Å². The fraction of sp³-hybridized carbons (Fsp3) is 0.182. The van der Waals surface area contributed by atoms with E-state index < -0.39 is 5.97 Å². The van der Waals surface area contributed by atoms with Crippen LogP contribution in [-0.2, 0) is 11.2 Å². The molecule has 5 rings (SSSR count). The molecule has 0 aliphatic heterocycles. The van der Waals surface area contributed by atoms with Gasteiger partial charge in [0.1, 0.15) is 0 Å². The molecule has 0 unspecified atom stereocenters. The number of hydrogen-bond acceptors (Lipinski definition) is 4. The van der Waals surface area contributed by atoms with Gasteiger partial charge in [-0.15, -0.1) is 0 Å². The van der Waals surface area contributed by atoms with Crippen LogP contribution in [0.15, 0.2) is 103 Å². The summed E-state index contributed by atoms with van der Waals surface area (Å²) in [5, 5.41) is 9.89. The molecule has 6 nitrogen and oxygen atoms in total. The highest BCUT2D eigenvalue weighted by atomic mass is 16.5. The van der Waals surface area contributed by atoms with Crippen molar-refractivity contribution >= 4 is 22.6 Å². The lowest BCUT2D eigenvalue weighted by Crippen LogP contribution is -2.32. The largest absolute Gasteiger partial charge is 0.461 e. The van der Waals surface area contributed by atoms with Crippen molar-refractivity contribution < 1.29 is 14.3 Å². The lowest BCUT2D eigenvalue weighted by atomic mass is 10.0. The highest BCUT2D eigenvalue weighted by Gasteiger charge is 2.18. The summed E-state index contributed by atoms with van der Waals surface area (Å²) in [5.74, 6) is -0.594. The topological polar surface area (TPSA) is 73.2 Å². The van der Waals surface area contributed by atoms with Crippen LogP contribution in [0.1, 0.15) is 46.7 Å². The summed E-state index contributed by atoms with van der Waals surface area (Å²) in [6.07, 6.45) is 1.76. The minimum absolute atomic E-state index is 0.0372. The fourth-order valence-electron chi connectivity index (χ4n) is 4.60. The van der Waals surface area contributed by atoms with Crippen molar-refractivity contribution in [2.45, 2.75) is 32.7 Å². The van der Waals surface area contributed by atoms with Gasteiger partial charge in [0, 0.05) is 17.2 Å². The number of aromatic nitrogens is 2. The van der Waals surface area contributed by atoms with Crippen LogP contribution in [0.4, 0.5) is 0 Å². The van der Waals surface area contributed by atoms with Crippen molar-refractivity contribution in [3.63, 3.8) is 0 Å². The SMILES string of the molecule is CCOC(=O)c1cc(-c2ccc3ccccc3c2)n(-c2ccc(C(=O)N[C@H](C)CCc3ccccc3)cc2)n1. The first kappa shape index (κ1) is 25.9. The molecule has 0 radical (unpaired) electrons. The van der Waals surface area contributed by atoms with Crippen molar-refractivity contribution in [3.05, 3.63) is 120 Å². The van der Waals surface area contributed by atoms with Gasteiger partial charge in [-0.1, -0.05) is 66.7 Å². The Kier molecular flexibility index (Phi) is 7.83. The van der Waals surface area contributed by atoms with Crippen LogP contribution in [0.3, 0.4) is 0 Å². The smallest absolute Gasteiger partial charge is 0.358 e. The van der Waals surface area contributed by atoms with Crippen LogP contribution in [0.25, 0.3) is 27.7 Å². The third-order valence-corrected chi connectivity index (χ3v) is 6.70. The third kappa shape index (κ3) is 6.07. The first-order valence-electron chi connectivity index (χ1n) is 13.2. The Morgan fingerprint density at radius 2 is 1.59 bits per heavy atom. The molecule has 1 heterocycles. The Labute approximate surface area is 228 Å². The average molecular weight is 518 g/mol. The van der Waals surface area contributed by atoms with Gasteiger partial charge in [0.15, 0.2) is 5.69 Å². The second-order valence-corrected chi connectivity index (χ2v) is 9.55. The van der Waals surface area contributed by atoms with E-state index in [0.29, 0.717) is 5.56 Å². The molecule has 4 aromatic carbocycles. The molecule has 1 amide bonds. The Hall–Kier alpha value is -4.71. The number of carbonyl (C=O) groups excluding carboxylic acids is 2. The minimum Gasteiger partial charge on any atom is -0.461 e. The number of amides is 1. The van der Waals surface area contributed by atoms with Crippen LogP contribution in [0.5, 0.6) is 0 Å². The van der Waals surface area contributed by atoms with Crippen molar-refractivity contribution in [1.29, 1.82) is 0 Å². The summed E-state index contributed by atoms with van der Waals surface area (Å²) in [4.78, 5) is 25.4. The number of carbonyl (C=O) groups is 2. The number of rotatable bonds is 9. The number of nitrogens with zero attached hydrogens (tertiary/aromatic N) is 2. The summed E-state index contributed by atoms with van der Waals surface area (Å²) < 4.78 is 6.93. The van der Waals surface area contributed by atoms with E-state index in [9.17, 15) is 9.59 Å². The molecule has 6 heteroatoms. The van der Waals surface area contributed by atoms with Gasteiger partial charge in [-0.25, -0.2) is 9.48 Å². The standard InChI is InChI=1S/C33H31N3O3/c1-3-39-33(38)30-22-31(28-16-15-25-11-7-8-12-27(25)21-28)36(35-30)29-19-17-26(18-20-29)32(37)34-23(2)13-14-24-9-5-4-6-10-24/h4-12,15-23H,3,13-14H2,1-2H3,(H,34,37)/t23-/m1/s1. The van der Waals surface area contributed by atoms with Crippen LogP contribution in [0, 0.1) is 0 Å². The van der Waals surface area contributed by atoms with Gasteiger partial charge in [0.05, 0.1) is 18.0 Å². The van der Waals surface area contributed by atoms with Gasteiger partial charge in [0.25, 0.3) is 5.91 Å². The summed E-state index contributed by atoms with van der Waals surface area (Å²) in [6, 6.07) is 33.6. The molecule has 0 saturated heterocycles. The normalized spacial score (nSPS) is 11.7. The van der Waals surface area contributed by atoms with Gasteiger partial charge in [0.2, 0.25) is 0 Å². The molecule has 1 N–H and O–H groups in total. The predicted octanol–water partition coefficient (Wildman–Crippen LogP) is 6.62. The van der Waals surface area contributed by atoms with E-state index in [4.69, 9.17) is 4.74 Å². The summed E-state index contributed by atoms with van der Waals surface area (Å²) in [5.41, 5.74) is 4.47. The molecule has 0 saturated carbocycles. The van der Waals surface area contributed by atoms with E-state index in [-0.39, 0.29) is 24.2 Å². The molecule has 5 aromatic rings. The van der Waals surface area contributed by atoms with Gasteiger partial charge in [-0.3, -0.25) is 4.79 Å². The van der Waals surface area contributed by atoms with Crippen molar-refractivity contribution in [2.24, 2.45) is 0 Å². The maximum atomic E-state index is 12.9.